The maximum atomic E-state index is 11.9. The standard InChI is InChI=1S/C8H8BClF3O/c1-6-4-7(10)2-3-8(6)14-5-9(11,12)13/h2-4H,5H2,1H3/q-1. The van der Waals surface area contributed by atoms with Crippen LogP contribution in [0.4, 0.5) is 12.9 Å². The molecule has 0 aromatic heterocycles. The fraction of sp³-hybridized carbons (Fsp3) is 0.250. The van der Waals surface area contributed by atoms with E-state index >= 15 is 0 Å². The SMILES string of the molecule is Cc1cc(Cl)ccc1OC[B-](F)(F)F. The first-order valence-electron chi connectivity index (χ1n) is 3.98. The maximum Gasteiger partial charge on any atom is 0.515 e. The van der Waals surface area contributed by atoms with E-state index in [1.54, 1.807) is 13.0 Å². The molecule has 1 aromatic carbocycles. The van der Waals surface area contributed by atoms with Crippen molar-refractivity contribution < 1.29 is 17.7 Å². The van der Waals surface area contributed by atoms with Crippen molar-refractivity contribution in [3.05, 3.63) is 28.8 Å². The van der Waals surface area contributed by atoms with Gasteiger partial charge in [0.15, 0.2) is 0 Å². The predicted octanol–water partition coefficient (Wildman–Crippen LogP) is 3.41. The second kappa shape index (κ2) is 4.13. The molecule has 0 fully saturated rings. The van der Waals surface area contributed by atoms with Crippen molar-refractivity contribution >= 4 is 18.6 Å². The number of hydrogen-bond acceptors (Lipinski definition) is 1. The quantitative estimate of drug-likeness (QED) is 0.714. The van der Waals surface area contributed by atoms with E-state index in [-0.39, 0.29) is 5.75 Å². The average Bonchev–Trinajstić information content (AvgIpc) is 2.00. The number of rotatable bonds is 3. The first-order chi connectivity index (χ1) is 6.38. The van der Waals surface area contributed by atoms with Crippen LogP contribution < -0.4 is 4.74 Å². The number of benzene rings is 1. The van der Waals surface area contributed by atoms with Crippen molar-refractivity contribution in [2.75, 3.05) is 6.51 Å². The van der Waals surface area contributed by atoms with Crippen molar-refractivity contribution in [2.45, 2.75) is 6.92 Å². The number of halogens is 4. The number of aryl methyl sites for hydroxylation is 1. The van der Waals surface area contributed by atoms with Gasteiger partial charge in [-0.25, -0.2) is 0 Å². The van der Waals surface area contributed by atoms with E-state index in [4.69, 9.17) is 11.6 Å². The first kappa shape index (κ1) is 11.2. The normalized spacial score (nSPS) is 11.5. The van der Waals surface area contributed by atoms with Gasteiger partial charge in [-0.2, -0.15) is 0 Å². The van der Waals surface area contributed by atoms with Gasteiger partial charge < -0.3 is 17.7 Å². The molecule has 0 spiro atoms. The average molecular weight is 223 g/mol. The summed E-state index contributed by atoms with van der Waals surface area (Å²) in [6.07, 6.45) is 0. The molecule has 1 aromatic rings. The van der Waals surface area contributed by atoms with Crippen LogP contribution in [0.1, 0.15) is 5.56 Å². The molecule has 0 aliphatic rings. The van der Waals surface area contributed by atoms with Crippen molar-refractivity contribution in [3.8, 4) is 5.75 Å². The molecule has 0 aliphatic carbocycles. The van der Waals surface area contributed by atoms with Gasteiger partial charge in [-0.1, -0.05) is 11.6 Å². The van der Waals surface area contributed by atoms with Gasteiger partial charge in [0.1, 0.15) is 5.75 Å². The lowest BCUT2D eigenvalue weighted by Gasteiger charge is -2.16. The van der Waals surface area contributed by atoms with Gasteiger partial charge in [-0.15, -0.1) is 0 Å². The summed E-state index contributed by atoms with van der Waals surface area (Å²) in [5, 5.41) is 0.479. The van der Waals surface area contributed by atoms with Crippen LogP contribution in [0.25, 0.3) is 0 Å². The Bertz CT molecular complexity index is 327. The van der Waals surface area contributed by atoms with Crippen molar-refractivity contribution in [1.29, 1.82) is 0 Å². The van der Waals surface area contributed by atoms with Crippen LogP contribution >= 0.6 is 11.6 Å². The highest BCUT2D eigenvalue weighted by Gasteiger charge is 2.24. The number of ether oxygens (including phenoxy) is 1. The maximum absolute atomic E-state index is 11.9. The van der Waals surface area contributed by atoms with Crippen LogP contribution in [0.2, 0.25) is 5.02 Å². The second-order valence-electron chi connectivity index (χ2n) is 2.93. The Morgan fingerprint density at radius 3 is 2.50 bits per heavy atom. The summed E-state index contributed by atoms with van der Waals surface area (Å²) in [4.78, 5) is 0. The minimum absolute atomic E-state index is 0.216. The van der Waals surface area contributed by atoms with Gasteiger partial charge in [0.05, 0.1) is 6.51 Å². The molecule has 0 amide bonds. The summed E-state index contributed by atoms with van der Waals surface area (Å²) in [6.45, 7) is -4.48. The zero-order valence-electron chi connectivity index (χ0n) is 7.44. The molecule has 0 radical (unpaired) electrons. The topological polar surface area (TPSA) is 9.23 Å². The molecule has 1 rings (SSSR count). The fourth-order valence-electron chi connectivity index (χ4n) is 0.959. The number of hydrogen-bond donors (Lipinski definition) is 0. The smallest absolute Gasteiger partial charge is 0.515 e. The molecule has 78 valence electrons. The Morgan fingerprint density at radius 1 is 1.36 bits per heavy atom. The third-order valence-electron chi connectivity index (χ3n) is 1.56. The van der Waals surface area contributed by atoms with Crippen LogP contribution in [-0.2, 0) is 0 Å². The van der Waals surface area contributed by atoms with Crippen molar-refractivity contribution in [3.63, 3.8) is 0 Å². The van der Waals surface area contributed by atoms with Crippen LogP contribution in [0, 0.1) is 6.92 Å². The Morgan fingerprint density at radius 2 is 2.00 bits per heavy atom. The van der Waals surface area contributed by atoms with Gasteiger partial charge in [0.2, 0.25) is 0 Å². The Labute approximate surface area is 84.9 Å². The van der Waals surface area contributed by atoms with Gasteiger partial charge in [0, 0.05) is 5.02 Å². The van der Waals surface area contributed by atoms with Crippen LogP contribution in [0.5, 0.6) is 5.75 Å². The molecule has 1 nitrogen and oxygen atoms in total. The molecule has 0 heterocycles. The zero-order chi connectivity index (χ0) is 10.8. The monoisotopic (exact) mass is 223 g/mol. The summed E-state index contributed by atoms with van der Waals surface area (Å²) in [7, 11) is 0. The molecule has 6 heteroatoms. The van der Waals surface area contributed by atoms with E-state index in [0.717, 1.165) is 0 Å². The van der Waals surface area contributed by atoms with Crippen molar-refractivity contribution in [1.82, 2.24) is 0 Å². The lowest BCUT2D eigenvalue weighted by atomic mass is 9.95. The summed E-state index contributed by atoms with van der Waals surface area (Å²) in [5.74, 6) is 0.216. The molecule has 0 saturated heterocycles. The van der Waals surface area contributed by atoms with E-state index in [9.17, 15) is 12.9 Å². The van der Waals surface area contributed by atoms with E-state index < -0.39 is 13.5 Å². The highest BCUT2D eigenvalue weighted by molar-refractivity contribution is 6.58. The largest absolute Gasteiger partial charge is 0.521 e. The Balaban J connectivity index is 2.68. The highest BCUT2D eigenvalue weighted by atomic mass is 35.5. The lowest BCUT2D eigenvalue weighted by Crippen LogP contribution is -2.26. The summed E-state index contributed by atoms with van der Waals surface area (Å²) < 4.78 is 40.2. The lowest BCUT2D eigenvalue weighted by molar-refractivity contribution is 0.312. The van der Waals surface area contributed by atoms with E-state index in [0.29, 0.717) is 10.6 Å². The molecular weight excluding hydrogens is 215 g/mol. The zero-order valence-corrected chi connectivity index (χ0v) is 8.19. The van der Waals surface area contributed by atoms with Gasteiger partial charge in [0.25, 0.3) is 0 Å². The summed E-state index contributed by atoms with van der Waals surface area (Å²) in [5.41, 5.74) is 0.595. The first-order valence-corrected chi connectivity index (χ1v) is 4.36. The van der Waals surface area contributed by atoms with Gasteiger partial charge in [-0.05, 0) is 30.7 Å². The molecule has 0 saturated carbocycles. The van der Waals surface area contributed by atoms with Crippen LogP contribution in [0.15, 0.2) is 18.2 Å². The van der Waals surface area contributed by atoms with E-state index in [1.807, 2.05) is 0 Å². The van der Waals surface area contributed by atoms with E-state index in [2.05, 4.69) is 4.74 Å². The van der Waals surface area contributed by atoms with Crippen LogP contribution in [-0.4, -0.2) is 13.5 Å². The van der Waals surface area contributed by atoms with Gasteiger partial charge >= 0.3 is 6.98 Å². The molecular formula is C8H8BClF3O-. The van der Waals surface area contributed by atoms with E-state index in [1.165, 1.54) is 12.1 Å². The highest BCUT2D eigenvalue weighted by Crippen LogP contribution is 2.23. The van der Waals surface area contributed by atoms with Crippen molar-refractivity contribution in [2.24, 2.45) is 0 Å². The molecule has 0 bridgehead atoms. The summed E-state index contributed by atoms with van der Waals surface area (Å²) >= 11 is 5.63. The molecule has 14 heavy (non-hydrogen) atoms. The molecule has 0 N–H and O–H groups in total. The minimum atomic E-state index is -4.91. The Hall–Kier alpha value is -0.835. The Kier molecular flexibility index (Phi) is 3.31. The molecule has 0 atom stereocenters. The minimum Gasteiger partial charge on any atom is -0.521 e. The predicted molar refractivity (Wildman–Crippen MR) is 50.8 cm³/mol. The third-order valence-corrected chi connectivity index (χ3v) is 1.80. The summed E-state index contributed by atoms with van der Waals surface area (Å²) in [6, 6.07) is 4.48. The third kappa shape index (κ3) is 3.50. The van der Waals surface area contributed by atoms with Gasteiger partial charge in [-0.3, -0.25) is 0 Å². The molecule has 0 unspecified atom stereocenters. The molecule has 0 aliphatic heterocycles. The van der Waals surface area contributed by atoms with Crippen LogP contribution in [0.3, 0.4) is 0 Å². The second-order valence-corrected chi connectivity index (χ2v) is 3.37. The fourth-order valence-corrected chi connectivity index (χ4v) is 1.19.